The van der Waals surface area contributed by atoms with Crippen LogP contribution in [0.4, 0.5) is 0 Å². The third-order valence-corrected chi connectivity index (χ3v) is 4.86. The zero-order chi connectivity index (χ0) is 16.4. The molecule has 0 aliphatic rings. The molecular weight excluding hydrogens is 312 g/mol. The van der Waals surface area contributed by atoms with Crippen molar-refractivity contribution in [3.63, 3.8) is 0 Å². The Morgan fingerprint density at radius 3 is 2.29 bits per heavy atom. The second-order valence-electron chi connectivity index (χ2n) is 5.60. The lowest BCUT2D eigenvalue weighted by Crippen LogP contribution is -2.14. The lowest BCUT2D eigenvalue weighted by molar-refractivity contribution is 0.0486. The lowest BCUT2D eigenvalue weighted by Gasteiger charge is -2.15. The fourth-order valence-corrected chi connectivity index (χ4v) is 3.94. The van der Waals surface area contributed by atoms with Crippen LogP contribution in [-0.2, 0) is 13.8 Å². The zero-order valence-corrected chi connectivity index (χ0v) is 14.6. The van der Waals surface area contributed by atoms with Crippen molar-refractivity contribution in [1.29, 1.82) is 0 Å². The maximum atomic E-state index is 12.2. The van der Waals surface area contributed by atoms with Crippen LogP contribution in [-0.4, -0.2) is 21.0 Å². The van der Waals surface area contributed by atoms with Crippen molar-refractivity contribution < 1.29 is 17.9 Å². The molecule has 0 aliphatic carbocycles. The average Bonchev–Trinajstić information content (AvgIpc) is 2.24. The number of ether oxygens (including phenoxy) is 1. The largest absolute Gasteiger partial charge is 0.462 e. The number of carbonyl (C=O) groups excluding carboxylic acids is 1. The van der Waals surface area contributed by atoms with Crippen LogP contribution in [0.1, 0.15) is 47.3 Å². The van der Waals surface area contributed by atoms with Crippen LogP contribution in [0, 0.1) is 26.7 Å². The van der Waals surface area contributed by atoms with Crippen LogP contribution in [0.15, 0.2) is 11.0 Å². The number of hydrogen-bond donors (Lipinski definition) is 0. The molecule has 1 aromatic carbocycles. The van der Waals surface area contributed by atoms with Gasteiger partial charge < -0.3 is 4.74 Å². The molecule has 0 atom stereocenters. The van der Waals surface area contributed by atoms with Crippen molar-refractivity contribution in [2.45, 2.75) is 45.9 Å². The average molecular weight is 333 g/mol. The number of benzene rings is 1. The van der Waals surface area contributed by atoms with Gasteiger partial charge in [-0.1, -0.05) is 19.9 Å². The summed E-state index contributed by atoms with van der Waals surface area (Å²) < 4.78 is 28.6. The Kier molecular flexibility index (Phi) is 5.82. The van der Waals surface area contributed by atoms with Crippen LogP contribution in [0.25, 0.3) is 0 Å². The molecule has 0 amide bonds. The monoisotopic (exact) mass is 332 g/mol. The predicted octanol–water partition coefficient (Wildman–Crippen LogP) is 3.74. The van der Waals surface area contributed by atoms with Gasteiger partial charge in [0.25, 0.3) is 9.05 Å². The quantitative estimate of drug-likeness (QED) is 0.608. The number of esters is 1. The molecule has 0 unspecified atom stereocenters. The Labute approximate surface area is 130 Å². The topological polar surface area (TPSA) is 60.4 Å². The fraction of sp³-hybridized carbons (Fsp3) is 0.533. The normalized spacial score (nSPS) is 11.8. The molecule has 1 rings (SSSR count). The van der Waals surface area contributed by atoms with Crippen LogP contribution in [0.5, 0.6) is 0 Å². The summed E-state index contributed by atoms with van der Waals surface area (Å²) in [5.74, 6) is -0.0796. The first-order valence-electron chi connectivity index (χ1n) is 6.78. The first-order valence-corrected chi connectivity index (χ1v) is 9.09. The fourth-order valence-electron chi connectivity index (χ4n) is 2.32. The molecule has 118 valence electrons. The van der Waals surface area contributed by atoms with Crippen molar-refractivity contribution in [3.8, 4) is 0 Å². The van der Waals surface area contributed by atoms with Gasteiger partial charge in [0.05, 0.1) is 17.1 Å². The summed E-state index contributed by atoms with van der Waals surface area (Å²) in [6.07, 6.45) is 0.760. The molecule has 0 aromatic heterocycles. The third kappa shape index (κ3) is 4.45. The summed E-state index contributed by atoms with van der Waals surface area (Å²) >= 11 is 0. The summed E-state index contributed by atoms with van der Waals surface area (Å²) in [5, 5.41) is 0. The smallest absolute Gasteiger partial charge is 0.338 e. The van der Waals surface area contributed by atoms with Crippen LogP contribution < -0.4 is 0 Å². The Bertz CT molecular complexity index is 648. The molecule has 0 bridgehead atoms. The number of aryl methyl sites for hydroxylation is 2. The molecule has 0 aliphatic heterocycles. The highest BCUT2D eigenvalue weighted by Gasteiger charge is 2.24. The van der Waals surface area contributed by atoms with Gasteiger partial charge in [-0.3, -0.25) is 0 Å². The Morgan fingerprint density at radius 2 is 1.81 bits per heavy atom. The molecule has 21 heavy (non-hydrogen) atoms. The first-order chi connectivity index (χ1) is 9.55. The van der Waals surface area contributed by atoms with E-state index in [-0.39, 0.29) is 10.5 Å². The second-order valence-corrected chi connectivity index (χ2v) is 8.10. The summed E-state index contributed by atoms with van der Waals surface area (Å²) in [6.45, 7) is 9.37. The molecule has 1 aromatic rings. The summed E-state index contributed by atoms with van der Waals surface area (Å²) in [4.78, 5) is 12.2. The molecule has 0 heterocycles. The van der Waals surface area contributed by atoms with E-state index in [0.717, 1.165) is 6.42 Å². The Hall–Kier alpha value is -1.07. The van der Waals surface area contributed by atoms with Gasteiger partial charge in [-0.05, 0) is 49.8 Å². The highest BCUT2D eigenvalue weighted by Crippen LogP contribution is 2.29. The first kappa shape index (κ1) is 18.0. The Morgan fingerprint density at radius 1 is 1.24 bits per heavy atom. The minimum atomic E-state index is -3.91. The van der Waals surface area contributed by atoms with E-state index in [1.54, 1.807) is 26.8 Å². The van der Waals surface area contributed by atoms with Crippen LogP contribution >= 0.6 is 10.7 Å². The molecule has 4 nitrogen and oxygen atoms in total. The molecule has 0 saturated heterocycles. The molecule has 6 heteroatoms. The van der Waals surface area contributed by atoms with Gasteiger partial charge in [0.15, 0.2) is 0 Å². The molecule has 0 spiro atoms. The van der Waals surface area contributed by atoms with Crippen molar-refractivity contribution >= 4 is 25.7 Å². The van der Waals surface area contributed by atoms with E-state index in [0.29, 0.717) is 29.2 Å². The van der Waals surface area contributed by atoms with E-state index in [1.165, 1.54) is 0 Å². The molecular formula is C15H21ClO4S. The van der Waals surface area contributed by atoms with E-state index < -0.39 is 15.0 Å². The molecule has 0 radical (unpaired) electrons. The maximum absolute atomic E-state index is 12.2. The van der Waals surface area contributed by atoms with Gasteiger partial charge in [0.1, 0.15) is 0 Å². The zero-order valence-electron chi connectivity index (χ0n) is 13.0. The molecule has 0 fully saturated rings. The number of carbonyl (C=O) groups is 1. The van der Waals surface area contributed by atoms with Gasteiger partial charge in [0, 0.05) is 10.7 Å². The third-order valence-electron chi connectivity index (χ3n) is 3.28. The van der Waals surface area contributed by atoms with E-state index >= 15 is 0 Å². The van der Waals surface area contributed by atoms with Gasteiger partial charge in [-0.25, -0.2) is 13.2 Å². The minimum absolute atomic E-state index is 0.00873. The molecule has 0 N–H and O–H groups in total. The van der Waals surface area contributed by atoms with Crippen molar-refractivity contribution in [2.75, 3.05) is 6.61 Å². The SMILES string of the molecule is Cc1cc(C)c(S(=O)(=O)Cl)c(C)c1C(=O)OCCC(C)C. The minimum Gasteiger partial charge on any atom is -0.462 e. The predicted molar refractivity (Wildman–Crippen MR) is 83.4 cm³/mol. The van der Waals surface area contributed by atoms with Crippen molar-refractivity contribution in [2.24, 2.45) is 5.92 Å². The number of hydrogen-bond acceptors (Lipinski definition) is 4. The van der Waals surface area contributed by atoms with E-state index in [1.807, 2.05) is 13.8 Å². The highest BCUT2D eigenvalue weighted by molar-refractivity contribution is 8.13. The van der Waals surface area contributed by atoms with Crippen molar-refractivity contribution in [1.82, 2.24) is 0 Å². The van der Waals surface area contributed by atoms with Crippen molar-refractivity contribution in [3.05, 3.63) is 28.3 Å². The Balaban J connectivity index is 3.22. The number of halogens is 1. The lowest BCUT2D eigenvalue weighted by atomic mass is 10.00. The summed E-state index contributed by atoms with van der Waals surface area (Å²) in [6, 6.07) is 1.64. The summed E-state index contributed by atoms with van der Waals surface area (Å²) in [7, 11) is 1.56. The van der Waals surface area contributed by atoms with E-state index in [4.69, 9.17) is 15.4 Å². The standard InChI is InChI=1S/C15H21ClO4S/c1-9(2)6-7-20-15(17)13-10(3)8-11(4)14(12(13)5)21(16,18)19/h8-9H,6-7H2,1-5H3. The second kappa shape index (κ2) is 6.79. The van der Waals surface area contributed by atoms with Gasteiger partial charge in [-0.2, -0.15) is 0 Å². The molecule has 0 saturated carbocycles. The maximum Gasteiger partial charge on any atom is 0.338 e. The van der Waals surface area contributed by atoms with Gasteiger partial charge in [-0.15, -0.1) is 0 Å². The van der Waals surface area contributed by atoms with Crippen LogP contribution in [0.2, 0.25) is 0 Å². The summed E-state index contributed by atoms with van der Waals surface area (Å²) in [5.41, 5.74) is 1.84. The van der Waals surface area contributed by atoms with Gasteiger partial charge >= 0.3 is 5.97 Å². The van der Waals surface area contributed by atoms with E-state index in [2.05, 4.69) is 0 Å². The van der Waals surface area contributed by atoms with E-state index in [9.17, 15) is 13.2 Å². The van der Waals surface area contributed by atoms with Crippen LogP contribution in [0.3, 0.4) is 0 Å². The highest BCUT2D eigenvalue weighted by atomic mass is 35.7. The number of rotatable bonds is 5. The van der Waals surface area contributed by atoms with Gasteiger partial charge in [0.2, 0.25) is 0 Å².